The summed E-state index contributed by atoms with van der Waals surface area (Å²) in [6.07, 6.45) is 12.9. The second kappa shape index (κ2) is 9.35. The summed E-state index contributed by atoms with van der Waals surface area (Å²) in [5, 5.41) is 10.1. The van der Waals surface area contributed by atoms with Crippen molar-refractivity contribution in [1.29, 1.82) is 0 Å². The van der Waals surface area contributed by atoms with Gasteiger partial charge < -0.3 is 24.5 Å². The van der Waals surface area contributed by atoms with Gasteiger partial charge in [-0.2, -0.15) is 0 Å². The molecule has 1 aromatic carbocycles. The average Bonchev–Trinajstić information content (AvgIpc) is 3.21. The highest BCUT2D eigenvalue weighted by Gasteiger charge is 2.75. The smallest absolute Gasteiger partial charge is 0.249 e. The Labute approximate surface area is 223 Å². The van der Waals surface area contributed by atoms with Crippen molar-refractivity contribution in [3.05, 3.63) is 54.6 Å². The van der Waals surface area contributed by atoms with E-state index in [-0.39, 0.29) is 30.4 Å². The number of nitrogens with zero attached hydrogens (tertiary/aromatic N) is 3. The van der Waals surface area contributed by atoms with Gasteiger partial charge in [-0.3, -0.25) is 14.4 Å². The largest absolute Gasteiger partial charge is 0.394 e. The number of ether oxygens (including phenoxy) is 1. The number of aliphatic hydroxyl groups excluding tert-OH is 1. The zero-order valence-corrected chi connectivity index (χ0v) is 22.2. The summed E-state index contributed by atoms with van der Waals surface area (Å²) in [6, 6.07) is 8.04. The molecule has 2 saturated heterocycles. The third kappa shape index (κ3) is 3.60. The lowest BCUT2D eigenvalue weighted by molar-refractivity contribution is -0.155. The molecule has 1 aliphatic carbocycles. The van der Waals surface area contributed by atoms with Crippen molar-refractivity contribution >= 4 is 23.4 Å². The molecule has 6 rings (SSSR count). The molecule has 3 fully saturated rings. The number of anilines is 1. The van der Waals surface area contributed by atoms with Crippen molar-refractivity contribution in [2.24, 2.45) is 11.8 Å². The first-order valence-corrected chi connectivity index (χ1v) is 14.0. The number of hydrogen-bond donors (Lipinski definition) is 1. The van der Waals surface area contributed by atoms with E-state index in [4.69, 9.17) is 4.74 Å². The molecule has 8 nitrogen and oxygen atoms in total. The Hall–Kier alpha value is -2.97. The molecule has 6 atom stereocenters. The van der Waals surface area contributed by atoms with Crippen LogP contribution in [-0.2, 0) is 19.1 Å². The maximum atomic E-state index is 14.4. The fraction of sp³-hybridized carbons (Fsp3) is 0.567. The van der Waals surface area contributed by atoms with Crippen molar-refractivity contribution in [2.45, 2.75) is 75.3 Å². The van der Waals surface area contributed by atoms with E-state index in [1.807, 2.05) is 66.5 Å². The van der Waals surface area contributed by atoms with Gasteiger partial charge in [-0.1, -0.05) is 61.8 Å². The lowest BCUT2D eigenvalue weighted by atomic mass is 9.74. The summed E-state index contributed by atoms with van der Waals surface area (Å²) in [7, 11) is 0. The lowest BCUT2D eigenvalue weighted by Crippen LogP contribution is -2.59. The summed E-state index contributed by atoms with van der Waals surface area (Å²) < 4.78 is 6.87. The molecule has 8 heteroatoms. The molecule has 38 heavy (non-hydrogen) atoms. The van der Waals surface area contributed by atoms with Gasteiger partial charge in [-0.15, -0.1) is 0 Å². The minimum absolute atomic E-state index is 0.119. The van der Waals surface area contributed by atoms with Gasteiger partial charge in [0.15, 0.2) is 0 Å². The van der Waals surface area contributed by atoms with Gasteiger partial charge in [0, 0.05) is 24.8 Å². The third-order valence-electron chi connectivity index (χ3n) is 9.35. The minimum Gasteiger partial charge on any atom is -0.394 e. The van der Waals surface area contributed by atoms with Crippen LogP contribution in [0.1, 0.15) is 46.0 Å². The molecule has 4 heterocycles. The van der Waals surface area contributed by atoms with E-state index in [0.717, 1.165) is 31.4 Å². The Kier molecular flexibility index (Phi) is 6.23. The molecular formula is C30H37N3O5. The van der Waals surface area contributed by atoms with Crippen LogP contribution in [0.2, 0.25) is 0 Å². The molecule has 0 bridgehead atoms. The fourth-order valence-corrected chi connectivity index (χ4v) is 7.60. The van der Waals surface area contributed by atoms with Crippen LogP contribution in [0.3, 0.4) is 0 Å². The molecule has 0 aromatic heterocycles. The molecule has 0 radical (unpaired) electrons. The number of carbonyl (C=O) groups excluding carboxylic acids is 3. The minimum atomic E-state index is -1.29. The Balaban J connectivity index is 1.46. The number of aliphatic hydroxyl groups is 1. The van der Waals surface area contributed by atoms with Gasteiger partial charge in [0.05, 0.1) is 30.1 Å². The summed E-state index contributed by atoms with van der Waals surface area (Å²) >= 11 is 0. The number of carbonyl (C=O) groups is 3. The topological polar surface area (TPSA) is 90.4 Å². The highest BCUT2D eigenvalue weighted by Crippen LogP contribution is 2.58. The molecule has 1 N–H and O–H groups in total. The zero-order valence-electron chi connectivity index (χ0n) is 22.2. The molecule has 3 amide bonds. The van der Waals surface area contributed by atoms with Crippen molar-refractivity contribution in [3.8, 4) is 0 Å². The first-order valence-electron chi connectivity index (χ1n) is 14.0. The monoisotopic (exact) mass is 519 g/mol. The molecular weight excluding hydrogens is 482 g/mol. The molecule has 202 valence electrons. The van der Waals surface area contributed by atoms with Crippen LogP contribution in [-0.4, -0.2) is 81.7 Å². The summed E-state index contributed by atoms with van der Waals surface area (Å²) in [6.45, 7) is 4.16. The standard InChI is InChI=1S/C30H37N3O5/c1-20(19-34)33-25-28(37)32(22-13-7-4-8-14-22)18-10-16-30(25)24(27(33)36)23-26(35)31(21-11-5-3-6-12-21)17-9-15-29(23,2)38-30/h3,5-6,9-12,15-16,20,22-25,34H,4,7-8,13-14,17-19H2,1-2H3/t20-,23-,24+,25?,29+,30+/m1/s1. The summed E-state index contributed by atoms with van der Waals surface area (Å²) in [5.74, 6) is -2.32. The summed E-state index contributed by atoms with van der Waals surface area (Å²) in [5.41, 5.74) is -1.59. The molecule has 1 saturated carbocycles. The van der Waals surface area contributed by atoms with E-state index in [2.05, 4.69) is 0 Å². The van der Waals surface area contributed by atoms with Gasteiger partial charge in [0.2, 0.25) is 17.7 Å². The third-order valence-corrected chi connectivity index (χ3v) is 9.35. The Morgan fingerprint density at radius 3 is 2.37 bits per heavy atom. The second-order valence-electron chi connectivity index (χ2n) is 11.6. The summed E-state index contributed by atoms with van der Waals surface area (Å²) in [4.78, 5) is 48.1. The van der Waals surface area contributed by atoms with Crippen molar-refractivity contribution < 1.29 is 24.2 Å². The normalized spacial score (nSPS) is 36.1. The Morgan fingerprint density at radius 2 is 1.66 bits per heavy atom. The van der Waals surface area contributed by atoms with E-state index in [9.17, 15) is 19.5 Å². The first kappa shape index (κ1) is 25.3. The Morgan fingerprint density at radius 1 is 0.947 bits per heavy atom. The number of rotatable bonds is 4. The van der Waals surface area contributed by atoms with Gasteiger partial charge in [-0.25, -0.2) is 0 Å². The van der Waals surface area contributed by atoms with Gasteiger partial charge in [-0.05, 0) is 38.8 Å². The maximum absolute atomic E-state index is 14.4. The van der Waals surface area contributed by atoms with E-state index in [1.54, 1.807) is 11.8 Å². The predicted octanol–water partition coefficient (Wildman–Crippen LogP) is 2.67. The second-order valence-corrected chi connectivity index (χ2v) is 11.6. The highest BCUT2D eigenvalue weighted by atomic mass is 16.5. The number of hydrogen-bond acceptors (Lipinski definition) is 5. The Bertz CT molecular complexity index is 1180. The number of benzene rings is 1. The van der Waals surface area contributed by atoms with E-state index >= 15 is 0 Å². The van der Waals surface area contributed by atoms with Crippen LogP contribution >= 0.6 is 0 Å². The van der Waals surface area contributed by atoms with E-state index < -0.39 is 35.1 Å². The number of amides is 3. The number of fused-ring (bicyclic) bond motifs is 2. The van der Waals surface area contributed by atoms with Crippen LogP contribution < -0.4 is 4.90 Å². The van der Waals surface area contributed by atoms with Crippen molar-refractivity contribution in [2.75, 3.05) is 24.6 Å². The van der Waals surface area contributed by atoms with Gasteiger partial charge >= 0.3 is 0 Å². The quantitative estimate of drug-likeness (QED) is 0.618. The SMILES string of the molecule is C[C@H](CO)N1C(=O)[C@@H]2[C@@H]3C(=O)N(c4ccccc4)CC=C[C@]3(C)O[C@@]23C=CCN(C2CCCCC2)C(=O)C13. The van der Waals surface area contributed by atoms with Crippen LogP contribution in [0.5, 0.6) is 0 Å². The molecule has 5 aliphatic rings. The van der Waals surface area contributed by atoms with Gasteiger partial charge in [0.25, 0.3) is 0 Å². The highest BCUT2D eigenvalue weighted by molar-refractivity contribution is 6.04. The van der Waals surface area contributed by atoms with Crippen LogP contribution in [0.15, 0.2) is 54.6 Å². The fourth-order valence-electron chi connectivity index (χ4n) is 7.60. The van der Waals surface area contributed by atoms with E-state index in [1.165, 1.54) is 11.3 Å². The van der Waals surface area contributed by atoms with Crippen LogP contribution in [0, 0.1) is 11.8 Å². The zero-order chi connectivity index (χ0) is 26.7. The van der Waals surface area contributed by atoms with Crippen molar-refractivity contribution in [3.63, 3.8) is 0 Å². The molecule has 1 spiro atoms. The molecule has 4 aliphatic heterocycles. The predicted molar refractivity (Wildman–Crippen MR) is 142 cm³/mol. The van der Waals surface area contributed by atoms with Crippen LogP contribution in [0.25, 0.3) is 0 Å². The number of likely N-dealkylation sites (tertiary alicyclic amines) is 1. The molecule has 1 unspecified atom stereocenters. The number of para-hydroxylation sites is 1. The van der Waals surface area contributed by atoms with Crippen molar-refractivity contribution in [1.82, 2.24) is 9.80 Å². The van der Waals surface area contributed by atoms with E-state index in [0.29, 0.717) is 13.1 Å². The lowest BCUT2D eigenvalue weighted by Gasteiger charge is -2.41. The molecule has 1 aromatic rings. The average molecular weight is 520 g/mol. The maximum Gasteiger partial charge on any atom is 0.249 e. The first-order chi connectivity index (χ1) is 18.3. The van der Waals surface area contributed by atoms with Gasteiger partial charge in [0.1, 0.15) is 11.6 Å². The van der Waals surface area contributed by atoms with Crippen LogP contribution in [0.4, 0.5) is 5.69 Å².